The van der Waals surface area contributed by atoms with Crippen LogP contribution in [0.3, 0.4) is 0 Å². The van der Waals surface area contributed by atoms with E-state index in [1.165, 1.54) is 24.0 Å². The van der Waals surface area contributed by atoms with E-state index in [2.05, 4.69) is 22.1 Å². The monoisotopic (exact) mass is 572 g/mol. The summed E-state index contributed by atoms with van der Waals surface area (Å²) < 4.78 is 39.1. The van der Waals surface area contributed by atoms with Crippen molar-refractivity contribution in [3.8, 4) is 5.69 Å². The molecule has 0 atom stereocenters. The van der Waals surface area contributed by atoms with Crippen LogP contribution in [0.25, 0.3) is 5.69 Å². The van der Waals surface area contributed by atoms with Gasteiger partial charge in [0.15, 0.2) is 9.84 Å². The number of rotatable bonds is 7. The number of hydrogen-bond acceptors (Lipinski definition) is 5. The van der Waals surface area contributed by atoms with Gasteiger partial charge in [0.1, 0.15) is 5.82 Å². The number of carbonyl (C=O) groups excluding carboxylic acids is 1. The standard InChI is InChI=1S/C32H33FN4O3S/c1-41(39,40)29-13-7-23(8-14-29)20-35-17-15-25(16-18-35)31-30(19-34-37(31)28-11-9-27(33)10-12-28)32(38)36-21-26(22-36)24-5-3-2-4-6-24/h2-14,19,25-26H,15-18,20-22H2,1H3. The summed E-state index contributed by atoms with van der Waals surface area (Å²) >= 11 is 0. The number of piperidine rings is 1. The van der Waals surface area contributed by atoms with Crippen LogP contribution in [-0.4, -0.2) is 66.3 Å². The van der Waals surface area contributed by atoms with Gasteiger partial charge in [-0.2, -0.15) is 5.10 Å². The highest BCUT2D eigenvalue weighted by Gasteiger charge is 2.36. The highest BCUT2D eigenvalue weighted by molar-refractivity contribution is 7.90. The van der Waals surface area contributed by atoms with Crippen molar-refractivity contribution in [1.29, 1.82) is 0 Å². The van der Waals surface area contributed by atoms with Gasteiger partial charge in [0, 0.05) is 37.7 Å². The fraction of sp³-hybridized carbons (Fsp3) is 0.312. The van der Waals surface area contributed by atoms with E-state index in [0.717, 1.165) is 49.4 Å². The third-order valence-corrected chi connectivity index (χ3v) is 9.41. The van der Waals surface area contributed by atoms with Gasteiger partial charge in [-0.3, -0.25) is 9.69 Å². The molecular weight excluding hydrogens is 539 g/mol. The summed E-state index contributed by atoms with van der Waals surface area (Å²) in [5.41, 5.74) is 4.56. The predicted molar refractivity (Wildman–Crippen MR) is 155 cm³/mol. The first-order valence-corrected chi connectivity index (χ1v) is 15.8. The molecule has 2 aliphatic rings. The Bertz CT molecular complexity index is 1620. The molecular formula is C32H33FN4O3S. The summed E-state index contributed by atoms with van der Waals surface area (Å²) in [6.07, 6.45) is 4.58. The molecule has 2 saturated heterocycles. The molecule has 2 aliphatic heterocycles. The van der Waals surface area contributed by atoms with Gasteiger partial charge in [-0.25, -0.2) is 17.5 Å². The molecule has 0 N–H and O–H groups in total. The van der Waals surface area contributed by atoms with Gasteiger partial charge in [-0.1, -0.05) is 42.5 Å². The Morgan fingerprint density at radius 2 is 1.56 bits per heavy atom. The highest BCUT2D eigenvalue weighted by Crippen LogP contribution is 2.35. The molecule has 1 aromatic heterocycles. The Hall–Kier alpha value is -3.82. The van der Waals surface area contributed by atoms with Crippen molar-refractivity contribution >= 4 is 15.7 Å². The van der Waals surface area contributed by atoms with Gasteiger partial charge >= 0.3 is 0 Å². The molecule has 0 spiro atoms. The molecule has 0 saturated carbocycles. The number of sulfone groups is 1. The molecule has 1 amide bonds. The quantitative estimate of drug-likeness (QED) is 0.311. The molecule has 0 aliphatic carbocycles. The highest BCUT2D eigenvalue weighted by atomic mass is 32.2. The first-order valence-electron chi connectivity index (χ1n) is 14.0. The summed E-state index contributed by atoms with van der Waals surface area (Å²) in [7, 11) is -3.22. The number of carbonyl (C=O) groups is 1. The van der Waals surface area contributed by atoms with Crippen molar-refractivity contribution in [3.05, 3.63) is 113 Å². The molecule has 0 unspecified atom stereocenters. The number of aromatic nitrogens is 2. The van der Waals surface area contributed by atoms with E-state index in [0.29, 0.717) is 29.5 Å². The zero-order chi connectivity index (χ0) is 28.6. The first-order chi connectivity index (χ1) is 19.8. The maximum absolute atomic E-state index is 13.7. The number of halogens is 1. The van der Waals surface area contributed by atoms with Crippen LogP contribution in [0, 0.1) is 5.82 Å². The molecule has 2 fully saturated rings. The van der Waals surface area contributed by atoms with Crippen molar-refractivity contribution in [2.45, 2.75) is 36.1 Å². The molecule has 9 heteroatoms. The Morgan fingerprint density at radius 3 is 2.20 bits per heavy atom. The lowest BCUT2D eigenvalue weighted by molar-refractivity contribution is 0.0599. The van der Waals surface area contributed by atoms with E-state index < -0.39 is 9.84 Å². The van der Waals surface area contributed by atoms with Crippen LogP contribution >= 0.6 is 0 Å². The molecule has 0 radical (unpaired) electrons. The topological polar surface area (TPSA) is 75.5 Å². The zero-order valence-corrected chi connectivity index (χ0v) is 23.8. The number of benzene rings is 3. The van der Waals surface area contributed by atoms with Crippen molar-refractivity contribution in [2.24, 2.45) is 0 Å². The van der Waals surface area contributed by atoms with Crippen LogP contribution in [0.2, 0.25) is 0 Å². The third-order valence-electron chi connectivity index (χ3n) is 8.28. The largest absolute Gasteiger partial charge is 0.337 e. The van der Waals surface area contributed by atoms with Crippen LogP contribution in [-0.2, 0) is 16.4 Å². The summed E-state index contributed by atoms with van der Waals surface area (Å²) in [6.45, 7) is 3.76. The number of amides is 1. The molecule has 0 bridgehead atoms. The molecule has 3 heterocycles. The fourth-order valence-corrected chi connectivity index (χ4v) is 6.55. The molecule has 212 valence electrons. The predicted octanol–water partition coefficient (Wildman–Crippen LogP) is 5.03. The van der Waals surface area contributed by atoms with E-state index in [-0.39, 0.29) is 17.6 Å². The van der Waals surface area contributed by atoms with Crippen LogP contribution in [0.5, 0.6) is 0 Å². The van der Waals surface area contributed by atoms with E-state index in [4.69, 9.17) is 0 Å². The van der Waals surface area contributed by atoms with Crippen molar-refractivity contribution in [3.63, 3.8) is 0 Å². The van der Waals surface area contributed by atoms with Crippen LogP contribution in [0.4, 0.5) is 4.39 Å². The van der Waals surface area contributed by atoms with E-state index in [1.54, 1.807) is 30.5 Å². The average molecular weight is 573 g/mol. The van der Waals surface area contributed by atoms with Crippen LogP contribution < -0.4 is 0 Å². The maximum atomic E-state index is 13.7. The van der Waals surface area contributed by atoms with Gasteiger partial charge < -0.3 is 4.90 Å². The molecule has 3 aromatic carbocycles. The SMILES string of the molecule is CS(=O)(=O)c1ccc(CN2CCC(c3c(C(=O)N4CC(c5ccccc5)C4)cnn3-c3ccc(F)cc3)CC2)cc1. The Labute approximate surface area is 240 Å². The zero-order valence-electron chi connectivity index (χ0n) is 23.0. The molecule has 4 aromatic rings. The summed E-state index contributed by atoms with van der Waals surface area (Å²) in [5.74, 6) is 0.139. The Morgan fingerprint density at radius 1 is 0.902 bits per heavy atom. The van der Waals surface area contributed by atoms with E-state index in [1.807, 2.05) is 39.9 Å². The lowest BCUT2D eigenvalue weighted by atomic mass is 9.88. The minimum absolute atomic E-state index is 0.00561. The summed E-state index contributed by atoms with van der Waals surface area (Å²) in [5, 5.41) is 4.63. The summed E-state index contributed by atoms with van der Waals surface area (Å²) in [4.78, 5) is 18.3. The van der Waals surface area contributed by atoms with E-state index >= 15 is 0 Å². The van der Waals surface area contributed by atoms with Gasteiger partial charge in [0.25, 0.3) is 5.91 Å². The number of hydrogen-bond donors (Lipinski definition) is 0. The Kier molecular flexibility index (Phi) is 7.48. The van der Waals surface area contributed by atoms with Gasteiger partial charge in [0.05, 0.1) is 28.0 Å². The number of nitrogens with zero attached hydrogens (tertiary/aromatic N) is 4. The molecule has 6 rings (SSSR count). The van der Waals surface area contributed by atoms with Gasteiger partial charge in [-0.05, 0) is 73.5 Å². The van der Waals surface area contributed by atoms with Gasteiger partial charge in [-0.15, -0.1) is 0 Å². The van der Waals surface area contributed by atoms with E-state index in [9.17, 15) is 17.6 Å². The third kappa shape index (κ3) is 5.83. The van der Waals surface area contributed by atoms with Crippen LogP contribution in [0.1, 0.15) is 51.9 Å². The van der Waals surface area contributed by atoms with Crippen molar-refractivity contribution < 1.29 is 17.6 Å². The lowest BCUT2D eigenvalue weighted by Crippen LogP contribution is -2.48. The molecule has 41 heavy (non-hydrogen) atoms. The van der Waals surface area contributed by atoms with Crippen molar-refractivity contribution in [1.82, 2.24) is 19.6 Å². The second kappa shape index (κ2) is 11.2. The minimum Gasteiger partial charge on any atom is -0.337 e. The van der Waals surface area contributed by atoms with Gasteiger partial charge in [0.2, 0.25) is 0 Å². The normalized spacial score (nSPS) is 17.0. The lowest BCUT2D eigenvalue weighted by Gasteiger charge is -2.40. The van der Waals surface area contributed by atoms with Crippen molar-refractivity contribution in [2.75, 3.05) is 32.4 Å². The maximum Gasteiger partial charge on any atom is 0.257 e. The smallest absolute Gasteiger partial charge is 0.257 e. The first kappa shape index (κ1) is 27.4. The second-order valence-electron chi connectivity index (χ2n) is 11.1. The summed E-state index contributed by atoms with van der Waals surface area (Å²) in [6, 6.07) is 23.6. The molecule has 7 nitrogen and oxygen atoms in total. The van der Waals surface area contributed by atoms with Crippen LogP contribution in [0.15, 0.2) is 90.0 Å². The second-order valence-corrected chi connectivity index (χ2v) is 13.1. The average Bonchev–Trinajstić information content (AvgIpc) is 3.39. The fourth-order valence-electron chi connectivity index (χ4n) is 5.92. The Balaban J connectivity index is 1.19. The number of likely N-dealkylation sites (tertiary alicyclic amines) is 2. The minimum atomic E-state index is -3.22.